The Hall–Kier alpha value is -1.02. The fourth-order valence-corrected chi connectivity index (χ4v) is 6.34. The first-order valence-electron chi connectivity index (χ1n) is 8.27. The van der Waals surface area contributed by atoms with E-state index in [0.29, 0.717) is 10.6 Å². The molecule has 1 nitrogen and oxygen atoms in total. The Kier molecular flexibility index (Phi) is 6.38. The summed E-state index contributed by atoms with van der Waals surface area (Å²) >= 11 is 1.88. The normalized spacial score (nSPS) is 21.0. The Morgan fingerprint density at radius 1 is 0.957 bits per heavy atom. The summed E-state index contributed by atoms with van der Waals surface area (Å²) < 4.78 is 1.71. The molecule has 0 bridgehead atoms. The van der Waals surface area contributed by atoms with E-state index in [0.717, 1.165) is 12.2 Å². The summed E-state index contributed by atoms with van der Waals surface area (Å²) in [6.45, 7) is 0. The molecule has 2 atom stereocenters. The van der Waals surface area contributed by atoms with E-state index in [9.17, 15) is 4.79 Å². The van der Waals surface area contributed by atoms with Crippen LogP contribution >= 0.6 is 11.8 Å². The molecule has 3 heteroatoms. The molecule has 2 aromatic rings. The van der Waals surface area contributed by atoms with Crippen molar-refractivity contribution in [1.29, 1.82) is 0 Å². The summed E-state index contributed by atoms with van der Waals surface area (Å²) in [6, 6.07) is 20.8. The van der Waals surface area contributed by atoms with Crippen LogP contribution in [-0.4, -0.2) is 25.4 Å². The number of hydrogen-bond donors (Lipinski definition) is 0. The first kappa shape index (κ1) is 16.8. The molecule has 0 aliphatic heterocycles. The molecule has 0 N–H and O–H groups in total. The molecule has 0 aromatic heterocycles. The topological polar surface area (TPSA) is 17.1 Å². The van der Waals surface area contributed by atoms with Crippen LogP contribution in [0.25, 0.3) is 0 Å². The zero-order valence-corrected chi connectivity index (χ0v) is 15.7. The molecule has 2 aromatic carbocycles. The molecule has 2 unspecified atom stereocenters. The van der Waals surface area contributed by atoms with Gasteiger partial charge in [-0.25, -0.2) is 0 Å². The van der Waals surface area contributed by atoms with Crippen molar-refractivity contribution in [2.75, 3.05) is 5.75 Å². The molecule has 1 saturated carbocycles. The standard InChI is InChI=1S/C20H22OSSe/c21-20(23-18-12-5-2-6-13-18)19-14-8-7-9-16(19)15-22-17-10-3-1-4-11-17/h1-6,10-13,16,19H,7-9,14-15H2. The van der Waals surface area contributed by atoms with Crippen LogP contribution in [-0.2, 0) is 4.79 Å². The van der Waals surface area contributed by atoms with E-state index in [2.05, 4.69) is 42.5 Å². The van der Waals surface area contributed by atoms with E-state index >= 15 is 0 Å². The molecule has 0 heterocycles. The molecular weight excluding hydrogens is 367 g/mol. The third-order valence-electron chi connectivity index (χ3n) is 4.38. The molecule has 0 spiro atoms. The van der Waals surface area contributed by atoms with Gasteiger partial charge in [-0.2, -0.15) is 0 Å². The SMILES string of the molecule is O=C([Se]c1ccccc1)C1CCCCC1CSc1ccccc1. The van der Waals surface area contributed by atoms with Crippen molar-refractivity contribution in [3.63, 3.8) is 0 Å². The van der Waals surface area contributed by atoms with Gasteiger partial charge in [-0.15, -0.1) is 0 Å². The van der Waals surface area contributed by atoms with Gasteiger partial charge in [-0.3, -0.25) is 0 Å². The van der Waals surface area contributed by atoms with Crippen molar-refractivity contribution in [1.82, 2.24) is 0 Å². The van der Waals surface area contributed by atoms with Gasteiger partial charge >= 0.3 is 149 Å². The maximum atomic E-state index is 12.8. The Balaban J connectivity index is 1.60. The Morgan fingerprint density at radius 3 is 2.35 bits per heavy atom. The van der Waals surface area contributed by atoms with Crippen molar-refractivity contribution >= 4 is 35.9 Å². The van der Waals surface area contributed by atoms with Crippen LogP contribution in [0, 0.1) is 11.8 Å². The minimum absolute atomic E-state index is 0.0288. The Bertz CT molecular complexity index is 614. The van der Waals surface area contributed by atoms with Crippen molar-refractivity contribution in [2.45, 2.75) is 30.6 Å². The molecular formula is C20H22OSSe. The van der Waals surface area contributed by atoms with Crippen LogP contribution in [0.3, 0.4) is 0 Å². The second kappa shape index (κ2) is 8.73. The number of carbonyl (C=O) groups is 1. The summed E-state index contributed by atoms with van der Waals surface area (Å²) in [6.07, 6.45) is 4.80. The number of hydrogen-bond acceptors (Lipinski definition) is 2. The molecule has 1 aliphatic rings. The number of carbonyl (C=O) groups excluding carboxylic acids is 1. The van der Waals surface area contributed by atoms with Gasteiger partial charge in [0.25, 0.3) is 0 Å². The predicted octanol–water partition coefficient (Wildman–Crippen LogP) is 4.14. The van der Waals surface area contributed by atoms with E-state index in [1.165, 1.54) is 28.6 Å². The van der Waals surface area contributed by atoms with Crippen molar-refractivity contribution < 1.29 is 4.79 Å². The van der Waals surface area contributed by atoms with Gasteiger partial charge in [0, 0.05) is 0 Å². The van der Waals surface area contributed by atoms with E-state index in [4.69, 9.17) is 0 Å². The molecule has 0 radical (unpaired) electrons. The van der Waals surface area contributed by atoms with E-state index in [-0.39, 0.29) is 20.9 Å². The molecule has 1 fully saturated rings. The third-order valence-corrected chi connectivity index (χ3v) is 7.70. The Morgan fingerprint density at radius 2 is 1.61 bits per heavy atom. The fraction of sp³-hybridized carbons (Fsp3) is 0.350. The first-order chi connectivity index (χ1) is 11.3. The van der Waals surface area contributed by atoms with Crippen LogP contribution in [0.15, 0.2) is 65.6 Å². The first-order valence-corrected chi connectivity index (χ1v) is 11.0. The third kappa shape index (κ3) is 4.97. The van der Waals surface area contributed by atoms with Gasteiger partial charge in [-0.05, 0) is 0 Å². The van der Waals surface area contributed by atoms with Crippen LogP contribution in [0.5, 0.6) is 0 Å². The number of benzene rings is 2. The van der Waals surface area contributed by atoms with Crippen LogP contribution in [0.1, 0.15) is 25.7 Å². The molecule has 0 saturated heterocycles. The second-order valence-corrected chi connectivity index (χ2v) is 9.36. The maximum absolute atomic E-state index is 12.8. The van der Waals surface area contributed by atoms with Gasteiger partial charge in [-0.1, -0.05) is 0 Å². The van der Waals surface area contributed by atoms with E-state index in [1.54, 1.807) is 0 Å². The molecule has 120 valence electrons. The quantitative estimate of drug-likeness (QED) is 0.546. The minimum atomic E-state index is -0.0288. The second-order valence-electron chi connectivity index (χ2n) is 6.01. The van der Waals surface area contributed by atoms with Gasteiger partial charge in [0.15, 0.2) is 0 Å². The molecule has 23 heavy (non-hydrogen) atoms. The monoisotopic (exact) mass is 390 g/mol. The van der Waals surface area contributed by atoms with Crippen molar-refractivity contribution in [2.24, 2.45) is 11.8 Å². The van der Waals surface area contributed by atoms with Gasteiger partial charge in [0.1, 0.15) is 0 Å². The zero-order chi connectivity index (χ0) is 15.9. The Labute approximate surface area is 149 Å². The van der Waals surface area contributed by atoms with E-state index in [1.807, 2.05) is 30.0 Å². The van der Waals surface area contributed by atoms with E-state index < -0.39 is 0 Å². The average molecular weight is 389 g/mol. The van der Waals surface area contributed by atoms with Gasteiger partial charge in [0.2, 0.25) is 0 Å². The van der Waals surface area contributed by atoms with Gasteiger partial charge < -0.3 is 0 Å². The molecule has 1 aliphatic carbocycles. The summed E-state index contributed by atoms with van der Waals surface area (Å²) in [5.74, 6) is 1.90. The molecule has 0 amide bonds. The average Bonchev–Trinajstić information content (AvgIpc) is 2.62. The summed E-state index contributed by atoms with van der Waals surface area (Å²) in [5, 5.41) is 0. The van der Waals surface area contributed by atoms with Gasteiger partial charge in [0.05, 0.1) is 0 Å². The summed E-state index contributed by atoms with van der Waals surface area (Å²) in [5.41, 5.74) is 0. The zero-order valence-electron chi connectivity index (χ0n) is 13.2. The number of thioether (sulfide) groups is 1. The van der Waals surface area contributed by atoms with Crippen LogP contribution in [0.4, 0.5) is 0 Å². The summed E-state index contributed by atoms with van der Waals surface area (Å²) in [7, 11) is 0. The van der Waals surface area contributed by atoms with Crippen LogP contribution < -0.4 is 4.46 Å². The van der Waals surface area contributed by atoms with Crippen LogP contribution in [0.2, 0.25) is 0 Å². The van der Waals surface area contributed by atoms with Crippen molar-refractivity contribution in [3.05, 3.63) is 60.7 Å². The number of rotatable bonds is 6. The fourth-order valence-electron chi connectivity index (χ4n) is 3.12. The van der Waals surface area contributed by atoms with Crippen molar-refractivity contribution in [3.8, 4) is 0 Å². The molecule has 3 rings (SSSR count). The summed E-state index contributed by atoms with van der Waals surface area (Å²) in [4.78, 5) is 14.1. The predicted molar refractivity (Wildman–Crippen MR) is 99.5 cm³/mol.